The molecule has 4 rings (SSSR count). The van der Waals surface area contributed by atoms with Crippen LogP contribution >= 0.6 is 27.3 Å². The van der Waals surface area contributed by atoms with Crippen LogP contribution in [0, 0.1) is 0 Å². The van der Waals surface area contributed by atoms with Crippen molar-refractivity contribution in [3.63, 3.8) is 0 Å². The summed E-state index contributed by atoms with van der Waals surface area (Å²) in [6, 6.07) is 5.07. The van der Waals surface area contributed by atoms with Gasteiger partial charge in [0.1, 0.15) is 4.88 Å². The van der Waals surface area contributed by atoms with Gasteiger partial charge in [-0.25, -0.2) is 0 Å². The second-order valence-electron chi connectivity index (χ2n) is 4.95. The Balaban J connectivity index is 1.57. The van der Waals surface area contributed by atoms with Crippen molar-refractivity contribution < 1.29 is 13.7 Å². The molecule has 0 unspecified atom stereocenters. The van der Waals surface area contributed by atoms with Gasteiger partial charge < -0.3 is 14.3 Å². The summed E-state index contributed by atoms with van der Waals surface area (Å²) in [5.74, 6) is 1.51. The summed E-state index contributed by atoms with van der Waals surface area (Å²) in [6.45, 7) is 0. The maximum absolute atomic E-state index is 12.1. The highest BCUT2D eigenvalue weighted by atomic mass is 79.9. The molecule has 112 valence electrons. The minimum atomic E-state index is -0.327. The number of anilines is 1. The molecular weight excluding hydrogens is 370 g/mol. The summed E-state index contributed by atoms with van der Waals surface area (Å²) in [5, 5.41) is 8.67. The van der Waals surface area contributed by atoms with E-state index in [1.165, 1.54) is 11.3 Å². The molecule has 1 aliphatic carbocycles. The van der Waals surface area contributed by atoms with Crippen LogP contribution in [0.2, 0.25) is 0 Å². The third-order valence-corrected chi connectivity index (χ3v) is 4.62. The van der Waals surface area contributed by atoms with Crippen molar-refractivity contribution in [2.24, 2.45) is 0 Å². The summed E-state index contributed by atoms with van der Waals surface area (Å²) in [7, 11) is 0. The van der Waals surface area contributed by atoms with Gasteiger partial charge in [-0.05, 0) is 52.4 Å². The molecule has 1 saturated carbocycles. The third kappa shape index (κ3) is 2.59. The van der Waals surface area contributed by atoms with Crippen LogP contribution < -0.4 is 5.32 Å². The highest BCUT2D eigenvalue weighted by Crippen LogP contribution is 2.40. The van der Waals surface area contributed by atoms with Crippen molar-refractivity contribution in [3.8, 4) is 10.8 Å². The summed E-state index contributed by atoms with van der Waals surface area (Å²) in [4.78, 5) is 17.3. The van der Waals surface area contributed by atoms with E-state index in [9.17, 15) is 4.79 Å². The molecule has 0 aromatic carbocycles. The highest BCUT2D eigenvalue weighted by Gasteiger charge is 2.29. The van der Waals surface area contributed by atoms with Crippen LogP contribution in [0.3, 0.4) is 0 Å². The predicted octanol–water partition coefficient (Wildman–Crippen LogP) is 4.28. The predicted molar refractivity (Wildman–Crippen MR) is 83.9 cm³/mol. The molecule has 1 amide bonds. The fraction of sp³-hybridized carbons (Fsp3) is 0.214. The maximum atomic E-state index is 12.1. The number of furan rings is 1. The molecule has 0 bridgehead atoms. The van der Waals surface area contributed by atoms with Crippen LogP contribution in [0.15, 0.2) is 37.2 Å². The van der Waals surface area contributed by atoms with E-state index < -0.39 is 0 Å². The number of halogens is 1. The zero-order valence-electron chi connectivity index (χ0n) is 11.2. The summed E-state index contributed by atoms with van der Waals surface area (Å²) >= 11 is 4.61. The second kappa shape index (κ2) is 5.36. The Morgan fingerprint density at radius 1 is 1.36 bits per heavy atom. The normalized spacial score (nSPS) is 14.2. The monoisotopic (exact) mass is 379 g/mol. The van der Waals surface area contributed by atoms with Gasteiger partial charge in [-0.2, -0.15) is 4.98 Å². The molecule has 6 nitrogen and oxygen atoms in total. The van der Waals surface area contributed by atoms with Crippen molar-refractivity contribution in [2.45, 2.75) is 18.8 Å². The zero-order valence-corrected chi connectivity index (χ0v) is 13.6. The average molecular weight is 380 g/mol. The Hall–Kier alpha value is -1.93. The van der Waals surface area contributed by atoms with E-state index in [0.717, 1.165) is 23.5 Å². The molecule has 3 aromatic rings. The smallest absolute Gasteiger partial charge is 0.291 e. The van der Waals surface area contributed by atoms with Crippen LogP contribution in [0.4, 0.5) is 5.69 Å². The first-order valence-electron chi connectivity index (χ1n) is 6.69. The number of thiophene rings is 1. The van der Waals surface area contributed by atoms with Crippen LogP contribution in [0.1, 0.15) is 35.1 Å². The standard InChI is InChI=1S/C14H10BrN3O3S/c15-10-4-3-9(20-10)13(19)16-8-5-6-22-11(8)14-17-12(18-21-14)7-1-2-7/h3-7H,1-2H2,(H,16,19). The van der Waals surface area contributed by atoms with Crippen LogP contribution in [-0.4, -0.2) is 16.0 Å². The molecule has 0 spiro atoms. The van der Waals surface area contributed by atoms with E-state index in [2.05, 4.69) is 31.4 Å². The van der Waals surface area contributed by atoms with Gasteiger partial charge in [-0.15, -0.1) is 11.3 Å². The first-order valence-corrected chi connectivity index (χ1v) is 8.36. The zero-order chi connectivity index (χ0) is 15.1. The molecule has 0 aliphatic heterocycles. The number of nitrogens with zero attached hydrogens (tertiary/aromatic N) is 2. The molecule has 1 fully saturated rings. The van der Waals surface area contributed by atoms with Crippen molar-refractivity contribution in [2.75, 3.05) is 5.32 Å². The number of amides is 1. The van der Waals surface area contributed by atoms with Crippen LogP contribution in [-0.2, 0) is 0 Å². The Labute approximate surface area is 137 Å². The Kier molecular flexibility index (Phi) is 3.34. The molecule has 0 atom stereocenters. The lowest BCUT2D eigenvalue weighted by Crippen LogP contribution is -2.10. The quantitative estimate of drug-likeness (QED) is 0.731. The van der Waals surface area contributed by atoms with Gasteiger partial charge >= 0.3 is 0 Å². The molecule has 3 heterocycles. The van der Waals surface area contributed by atoms with Gasteiger partial charge in [0.05, 0.1) is 5.69 Å². The van der Waals surface area contributed by atoms with Gasteiger partial charge in [0.25, 0.3) is 11.8 Å². The Morgan fingerprint density at radius 2 is 2.23 bits per heavy atom. The first-order chi connectivity index (χ1) is 10.7. The van der Waals surface area contributed by atoms with Crippen LogP contribution in [0.25, 0.3) is 10.8 Å². The molecule has 0 radical (unpaired) electrons. The number of aromatic nitrogens is 2. The maximum Gasteiger partial charge on any atom is 0.291 e. The minimum absolute atomic E-state index is 0.230. The number of nitrogens with one attached hydrogen (secondary N) is 1. The van der Waals surface area contributed by atoms with Crippen molar-refractivity contribution in [3.05, 3.63) is 39.8 Å². The SMILES string of the molecule is O=C(Nc1ccsc1-c1nc(C2CC2)no1)c1ccc(Br)o1. The summed E-state index contributed by atoms with van der Waals surface area (Å²) in [6.07, 6.45) is 2.22. The van der Waals surface area contributed by atoms with E-state index in [4.69, 9.17) is 8.94 Å². The van der Waals surface area contributed by atoms with Gasteiger partial charge in [0.15, 0.2) is 16.3 Å². The second-order valence-corrected chi connectivity index (χ2v) is 6.65. The van der Waals surface area contributed by atoms with Gasteiger partial charge in [-0.3, -0.25) is 4.79 Å². The highest BCUT2D eigenvalue weighted by molar-refractivity contribution is 9.10. The lowest BCUT2D eigenvalue weighted by atomic mass is 10.3. The molecule has 1 aliphatic rings. The molecule has 8 heteroatoms. The number of hydrogen-bond acceptors (Lipinski definition) is 6. The number of rotatable bonds is 4. The lowest BCUT2D eigenvalue weighted by Gasteiger charge is -2.01. The molecule has 1 N–H and O–H groups in total. The first kappa shape index (κ1) is 13.7. The van der Waals surface area contributed by atoms with Crippen LogP contribution in [0.5, 0.6) is 0 Å². The topological polar surface area (TPSA) is 81.2 Å². The van der Waals surface area contributed by atoms with E-state index in [1.54, 1.807) is 18.2 Å². The largest absolute Gasteiger partial charge is 0.444 e. The fourth-order valence-corrected chi connectivity index (χ4v) is 3.10. The van der Waals surface area contributed by atoms with E-state index in [0.29, 0.717) is 22.2 Å². The Bertz CT molecular complexity index is 834. The molecule has 22 heavy (non-hydrogen) atoms. The van der Waals surface area contributed by atoms with Gasteiger partial charge in [0, 0.05) is 5.92 Å². The third-order valence-electron chi connectivity index (χ3n) is 3.29. The number of hydrogen-bond donors (Lipinski definition) is 1. The number of carbonyl (C=O) groups is 1. The van der Waals surface area contributed by atoms with Gasteiger partial charge in [-0.1, -0.05) is 5.16 Å². The minimum Gasteiger partial charge on any atom is -0.444 e. The van der Waals surface area contributed by atoms with E-state index >= 15 is 0 Å². The van der Waals surface area contributed by atoms with Gasteiger partial charge in [0.2, 0.25) is 0 Å². The number of carbonyl (C=O) groups excluding carboxylic acids is 1. The van der Waals surface area contributed by atoms with E-state index in [1.807, 2.05) is 5.38 Å². The molecular formula is C14H10BrN3O3S. The van der Waals surface area contributed by atoms with E-state index in [-0.39, 0.29) is 11.7 Å². The summed E-state index contributed by atoms with van der Waals surface area (Å²) < 4.78 is 11.1. The Morgan fingerprint density at radius 3 is 2.95 bits per heavy atom. The summed E-state index contributed by atoms with van der Waals surface area (Å²) in [5.41, 5.74) is 0.633. The van der Waals surface area contributed by atoms with Crippen molar-refractivity contribution >= 4 is 38.9 Å². The molecule has 3 aromatic heterocycles. The van der Waals surface area contributed by atoms with Crippen molar-refractivity contribution in [1.82, 2.24) is 10.1 Å². The average Bonchev–Trinajstić information content (AvgIpc) is 2.92. The van der Waals surface area contributed by atoms with Crippen molar-refractivity contribution in [1.29, 1.82) is 0 Å². The fourth-order valence-electron chi connectivity index (χ4n) is 2.03. The lowest BCUT2D eigenvalue weighted by molar-refractivity contribution is 0.0995. The molecule has 0 saturated heterocycles.